The number of ether oxygens (including phenoxy) is 1. The molecule has 1 unspecified atom stereocenters. The lowest BCUT2D eigenvalue weighted by molar-refractivity contribution is -0.165. The molecule has 0 rings (SSSR count). The number of carbonyl (C=O) groups excluding carboxylic acids is 2. The van der Waals surface area contributed by atoms with E-state index in [-0.39, 0.29) is 12.0 Å². The van der Waals surface area contributed by atoms with Gasteiger partial charge in [-0.2, -0.15) is 0 Å². The number of hydrogen-bond donors (Lipinski definition) is 0. The number of rotatable bonds is 5. The largest absolute Gasteiger partial charge is 0.462 e. The first kappa shape index (κ1) is 14.4. The van der Waals surface area contributed by atoms with Gasteiger partial charge in [-0.15, -0.1) is 0 Å². The van der Waals surface area contributed by atoms with Crippen LogP contribution >= 0.6 is 11.6 Å². The van der Waals surface area contributed by atoms with Crippen molar-refractivity contribution in [2.45, 2.75) is 47.1 Å². The summed E-state index contributed by atoms with van der Waals surface area (Å²) in [5.41, 5.74) is -1.20. The molecule has 3 nitrogen and oxygen atoms in total. The monoisotopic (exact) mass is 234 g/mol. The Morgan fingerprint density at radius 1 is 1.27 bits per heavy atom. The van der Waals surface area contributed by atoms with Gasteiger partial charge >= 0.3 is 5.97 Å². The molecule has 0 aromatic heterocycles. The van der Waals surface area contributed by atoms with Gasteiger partial charge < -0.3 is 4.74 Å². The van der Waals surface area contributed by atoms with Crippen molar-refractivity contribution in [3.8, 4) is 0 Å². The SMILES string of the molecule is CCC(C(=O)Cl)(C(=O)OC(C)C)C(C)C. The highest BCUT2D eigenvalue weighted by atomic mass is 35.5. The van der Waals surface area contributed by atoms with Crippen LogP contribution in [0.15, 0.2) is 0 Å². The zero-order valence-corrected chi connectivity index (χ0v) is 10.7. The van der Waals surface area contributed by atoms with Crippen LogP contribution in [0, 0.1) is 11.3 Å². The number of carbonyl (C=O) groups is 2. The normalized spacial score (nSPS) is 15.2. The molecule has 88 valence electrons. The Kier molecular flexibility index (Phi) is 5.29. The molecule has 0 N–H and O–H groups in total. The first-order valence-electron chi connectivity index (χ1n) is 5.20. The van der Waals surface area contributed by atoms with E-state index >= 15 is 0 Å². The second-order valence-corrected chi connectivity index (χ2v) is 4.55. The Hall–Kier alpha value is -0.570. The molecule has 0 spiro atoms. The van der Waals surface area contributed by atoms with Crippen molar-refractivity contribution in [2.75, 3.05) is 0 Å². The van der Waals surface area contributed by atoms with E-state index in [1.807, 2.05) is 0 Å². The molecule has 0 heterocycles. The Morgan fingerprint density at radius 2 is 1.73 bits per heavy atom. The van der Waals surface area contributed by atoms with Crippen molar-refractivity contribution < 1.29 is 14.3 Å². The molecule has 1 atom stereocenters. The van der Waals surface area contributed by atoms with Gasteiger partial charge in [-0.05, 0) is 37.8 Å². The smallest absolute Gasteiger partial charge is 0.321 e. The topological polar surface area (TPSA) is 43.4 Å². The van der Waals surface area contributed by atoms with Gasteiger partial charge in [0.15, 0.2) is 0 Å². The fourth-order valence-corrected chi connectivity index (χ4v) is 1.98. The summed E-state index contributed by atoms with van der Waals surface area (Å²) in [7, 11) is 0. The van der Waals surface area contributed by atoms with Crippen LogP contribution < -0.4 is 0 Å². The number of halogens is 1. The molecule has 0 amide bonds. The van der Waals surface area contributed by atoms with E-state index in [1.54, 1.807) is 34.6 Å². The van der Waals surface area contributed by atoms with Gasteiger partial charge in [0.2, 0.25) is 5.24 Å². The van der Waals surface area contributed by atoms with Crippen molar-refractivity contribution >= 4 is 22.8 Å². The quantitative estimate of drug-likeness (QED) is 0.417. The van der Waals surface area contributed by atoms with E-state index in [0.29, 0.717) is 6.42 Å². The molecule has 0 aliphatic rings. The molecule has 0 aromatic carbocycles. The maximum absolute atomic E-state index is 11.9. The Morgan fingerprint density at radius 3 is 1.93 bits per heavy atom. The van der Waals surface area contributed by atoms with Gasteiger partial charge in [-0.25, -0.2) is 0 Å². The van der Waals surface area contributed by atoms with E-state index in [1.165, 1.54) is 0 Å². The first-order chi connectivity index (χ1) is 6.78. The van der Waals surface area contributed by atoms with Crippen molar-refractivity contribution in [3.63, 3.8) is 0 Å². The minimum Gasteiger partial charge on any atom is -0.462 e. The lowest BCUT2D eigenvalue weighted by atomic mass is 9.76. The highest BCUT2D eigenvalue weighted by Gasteiger charge is 2.47. The van der Waals surface area contributed by atoms with Crippen LogP contribution in [-0.4, -0.2) is 17.3 Å². The van der Waals surface area contributed by atoms with Crippen LogP contribution in [0.25, 0.3) is 0 Å². The van der Waals surface area contributed by atoms with Crippen LogP contribution in [0.4, 0.5) is 0 Å². The summed E-state index contributed by atoms with van der Waals surface area (Å²) in [6.45, 7) is 8.85. The summed E-state index contributed by atoms with van der Waals surface area (Å²) in [6.07, 6.45) is 0.122. The average molecular weight is 235 g/mol. The van der Waals surface area contributed by atoms with Gasteiger partial charge in [0.25, 0.3) is 0 Å². The summed E-state index contributed by atoms with van der Waals surface area (Å²) in [5, 5.41) is -0.634. The van der Waals surface area contributed by atoms with Crippen molar-refractivity contribution in [3.05, 3.63) is 0 Å². The Balaban J connectivity index is 5.08. The van der Waals surface area contributed by atoms with E-state index in [4.69, 9.17) is 16.3 Å². The predicted octanol–water partition coefficient (Wildman–Crippen LogP) is 2.76. The molecule has 0 saturated carbocycles. The third kappa shape index (κ3) is 2.94. The molecule has 4 heteroatoms. The van der Waals surface area contributed by atoms with Crippen molar-refractivity contribution in [1.82, 2.24) is 0 Å². The van der Waals surface area contributed by atoms with Crippen molar-refractivity contribution in [1.29, 1.82) is 0 Å². The van der Waals surface area contributed by atoms with Gasteiger partial charge in [0.1, 0.15) is 5.41 Å². The molecular formula is C11H19ClO3. The average Bonchev–Trinajstić information content (AvgIpc) is 2.02. The van der Waals surface area contributed by atoms with E-state index in [9.17, 15) is 9.59 Å². The van der Waals surface area contributed by atoms with Crippen LogP contribution in [0.5, 0.6) is 0 Å². The molecule has 15 heavy (non-hydrogen) atoms. The standard InChI is InChI=1S/C11H19ClO3/c1-6-11(7(2)3,9(12)13)10(14)15-8(4)5/h7-8H,6H2,1-5H3. The lowest BCUT2D eigenvalue weighted by Gasteiger charge is -2.31. The third-order valence-corrected chi connectivity index (χ3v) is 2.94. The van der Waals surface area contributed by atoms with Crippen LogP contribution in [0.1, 0.15) is 41.0 Å². The van der Waals surface area contributed by atoms with Gasteiger partial charge in [-0.1, -0.05) is 20.8 Å². The minimum atomic E-state index is -1.20. The fraction of sp³-hybridized carbons (Fsp3) is 0.818. The number of esters is 1. The lowest BCUT2D eigenvalue weighted by Crippen LogP contribution is -2.43. The molecule has 0 bridgehead atoms. The maximum Gasteiger partial charge on any atom is 0.321 e. The summed E-state index contributed by atoms with van der Waals surface area (Å²) in [4.78, 5) is 23.3. The van der Waals surface area contributed by atoms with Crippen LogP contribution in [0.2, 0.25) is 0 Å². The molecule has 0 aliphatic heterocycles. The van der Waals surface area contributed by atoms with Crippen LogP contribution in [-0.2, 0) is 14.3 Å². The second kappa shape index (κ2) is 5.50. The summed E-state index contributed by atoms with van der Waals surface area (Å²) in [5.74, 6) is -0.686. The van der Waals surface area contributed by atoms with E-state index in [2.05, 4.69) is 0 Å². The summed E-state index contributed by atoms with van der Waals surface area (Å²) < 4.78 is 5.09. The van der Waals surface area contributed by atoms with Gasteiger partial charge in [0.05, 0.1) is 6.10 Å². The zero-order chi connectivity index (χ0) is 12.2. The minimum absolute atomic E-state index is 0.168. The van der Waals surface area contributed by atoms with Crippen molar-refractivity contribution in [2.24, 2.45) is 11.3 Å². The molecule has 0 saturated heterocycles. The van der Waals surface area contributed by atoms with Crippen LogP contribution in [0.3, 0.4) is 0 Å². The highest BCUT2D eigenvalue weighted by molar-refractivity contribution is 6.66. The highest BCUT2D eigenvalue weighted by Crippen LogP contribution is 2.35. The van der Waals surface area contributed by atoms with Gasteiger partial charge in [0, 0.05) is 0 Å². The molecule has 0 aliphatic carbocycles. The fourth-order valence-electron chi connectivity index (χ4n) is 1.55. The molecule has 0 aromatic rings. The third-order valence-electron chi connectivity index (χ3n) is 2.60. The molecular weight excluding hydrogens is 216 g/mol. The summed E-state index contributed by atoms with van der Waals surface area (Å²) in [6, 6.07) is 0. The zero-order valence-electron chi connectivity index (χ0n) is 9.96. The molecule has 0 radical (unpaired) electrons. The Bertz CT molecular complexity index is 248. The maximum atomic E-state index is 11.9. The number of hydrogen-bond acceptors (Lipinski definition) is 3. The van der Waals surface area contributed by atoms with E-state index in [0.717, 1.165) is 0 Å². The summed E-state index contributed by atoms with van der Waals surface area (Å²) >= 11 is 5.53. The predicted molar refractivity (Wildman–Crippen MR) is 59.7 cm³/mol. The first-order valence-corrected chi connectivity index (χ1v) is 5.57. The van der Waals surface area contributed by atoms with E-state index < -0.39 is 16.6 Å². The van der Waals surface area contributed by atoms with Gasteiger partial charge in [-0.3, -0.25) is 9.59 Å². The Labute approximate surface area is 96.1 Å². The molecule has 0 fully saturated rings. The second-order valence-electron chi connectivity index (χ2n) is 4.21.